The van der Waals surface area contributed by atoms with Gasteiger partial charge in [0.1, 0.15) is 4.33 Å². The number of hydrogen-bond donors (Lipinski definition) is 0. The van der Waals surface area contributed by atoms with Gasteiger partial charge in [-0.2, -0.15) is 0 Å². The summed E-state index contributed by atoms with van der Waals surface area (Å²) in [5.74, 6) is 0. The summed E-state index contributed by atoms with van der Waals surface area (Å²) in [5, 5.41) is 0. The van der Waals surface area contributed by atoms with Crippen LogP contribution in [0.2, 0.25) is 0 Å². The standard InChI is InChI=1S/C9H10Cl2/c1-9(10,11)7-8-5-3-2-4-6-8/h2-6H,7H2,1H3. The van der Waals surface area contributed by atoms with E-state index in [1.807, 2.05) is 30.3 Å². The third-order valence-corrected chi connectivity index (χ3v) is 1.62. The molecule has 0 amide bonds. The van der Waals surface area contributed by atoms with Crippen LogP contribution in [0.25, 0.3) is 0 Å². The van der Waals surface area contributed by atoms with Gasteiger partial charge in [0, 0.05) is 6.42 Å². The fourth-order valence-corrected chi connectivity index (χ4v) is 1.26. The van der Waals surface area contributed by atoms with E-state index >= 15 is 0 Å². The Morgan fingerprint density at radius 3 is 2.18 bits per heavy atom. The summed E-state index contributed by atoms with van der Waals surface area (Å²) in [4.78, 5) is 0. The number of rotatable bonds is 2. The monoisotopic (exact) mass is 188 g/mol. The first-order chi connectivity index (χ1) is 5.08. The van der Waals surface area contributed by atoms with Crippen LogP contribution >= 0.6 is 23.2 Å². The minimum atomic E-state index is -0.651. The van der Waals surface area contributed by atoms with Crippen molar-refractivity contribution in [2.24, 2.45) is 0 Å². The molecule has 2 heteroatoms. The van der Waals surface area contributed by atoms with E-state index in [-0.39, 0.29) is 0 Å². The van der Waals surface area contributed by atoms with Gasteiger partial charge in [-0.05, 0) is 12.5 Å². The van der Waals surface area contributed by atoms with Crippen LogP contribution in [0.5, 0.6) is 0 Å². The van der Waals surface area contributed by atoms with Crippen molar-refractivity contribution in [3.05, 3.63) is 35.9 Å². The van der Waals surface area contributed by atoms with Crippen LogP contribution in [0, 0.1) is 0 Å². The lowest BCUT2D eigenvalue weighted by Gasteiger charge is -2.12. The lowest BCUT2D eigenvalue weighted by molar-refractivity contribution is 0.853. The van der Waals surface area contributed by atoms with Gasteiger partial charge in [-0.15, -0.1) is 23.2 Å². The van der Waals surface area contributed by atoms with Crippen LogP contribution in [0.15, 0.2) is 30.3 Å². The van der Waals surface area contributed by atoms with E-state index in [1.54, 1.807) is 6.92 Å². The van der Waals surface area contributed by atoms with Crippen molar-refractivity contribution < 1.29 is 0 Å². The lowest BCUT2D eigenvalue weighted by Crippen LogP contribution is -2.09. The molecule has 0 spiro atoms. The minimum absolute atomic E-state index is 0.651. The van der Waals surface area contributed by atoms with E-state index in [2.05, 4.69) is 0 Å². The SMILES string of the molecule is CC(Cl)(Cl)Cc1ccccc1. The van der Waals surface area contributed by atoms with E-state index in [0.717, 1.165) is 0 Å². The second-order valence-corrected chi connectivity index (χ2v) is 4.59. The van der Waals surface area contributed by atoms with Crippen molar-refractivity contribution in [1.29, 1.82) is 0 Å². The normalized spacial score (nSPS) is 11.5. The molecule has 0 atom stereocenters. The highest BCUT2D eigenvalue weighted by atomic mass is 35.5. The zero-order chi connectivity index (χ0) is 8.32. The molecule has 0 saturated heterocycles. The van der Waals surface area contributed by atoms with Crippen molar-refractivity contribution in [3.8, 4) is 0 Å². The van der Waals surface area contributed by atoms with Gasteiger partial charge >= 0.3 is 0 Å². The molecule has 0 aromatic heterocycles. The Morgan fingerprint density at radius 1 is 1.18 bits per heavy atom. The maximum atomic E-state index is 5.83. The van der Waals surface area contributed by atoms with Crippen molar-refractivity contribution in [3.63, 3.8) is 0 Å². The van der Waals surface area contributed by atoms with E-state index in [9.17, 15) is 0 Å². The molecule has 1 aromatic carbocycles. The molecule has 11 heavy (non-hydrogen) atoms. The van der Waals surface area contributed by atoms with Crippen molar-refractivity contribution >= 4 is 23.2 Å². The summed E-state index contributed by atoms with van der Waals surface area (Å²) >= 11 is 11.7. The summed E-state index contributed by atoms with van der Waals surface area (Å²) < 4.78 is -0.651. The maximum Gasteiger partial charge on any atom is 0.119 e. The summed E-state index contributed by atoms with van der Waals surface area (Å²) in [7, 11) is 0. The second-order valence-electron chi connectivity index (χ2n) is 2.73. The Labute approximate surface area is 77.1 Å². The van der Waals surface area contributed by atoms with Crippen LogP contribution in [-0.2, 0) is 6.42 Å². The highest BCUT2D eigenvalue weighted by Gasteiger charge is 2.16. The van der Waals surface area contributed by atoms with Gasteiger partial charge in [-0.1, -0.05) is 30.3 Å². The Balaban J connectivity index is 2.66. The molecule has 0 saturated carbocycles. The molecule has 60 valence electrons. The maximum absolute atomic E-state index is 5.83. The molecule has 0 aliphatic carbocycles. The highest BCUT2D eigenvalue weighted by molar-refractivity contribution is 6.48. The molecule has 0 nitrogen and oxygen atoms in total. The number of halogens is 2. The van der Waals surface area contributed by atoms with Crippen LogP contribution in [-0.4, -0.2) is 4.33 Å². The predicted molar refractivity (Wildman–Crippen MR) is 50.3 cm³/mol. The lowest BCUT2D eigenvalue weighted by atomic mass is 10.1. The average Bonchev–Trinajstić information content (AvgIpc) is 1.85. The fourth-order valence-electron chi connectivity index (χ4n) is 0.954. The zero-order valence-electron chi connectivity index (χ0n) is 6.35. The molecule has 0 heterocycles. The molecule has 0 fully saturated rings. The third kappa shape index (κ3) is 3.64. The zero-order valence-corrected chi connectivity index (χ0v) is 7.86. The molecule has 0 aliphatic heterocycles. The van der Waals surface area contributed by atoms with Crippen LogP contribution in [0.1, 0.15) is 12.5 Å². The summed E-state index contributed by atoms with van der Waals surface area (Å²) in [6.45, 7) is 1.79. The quantitative estimate of drug-likeness (QED) is 0.625. The Morgan fingerprint density at radius 2 is 1.73 bits per heavy atom. The summed E-state index contributed by atoms with van der Waals surface area (Å²) in [6.07, 6.45) is 0.691. The van der Waals surface area contributed by atoms with E-state index in [1.165, 1.54) is 5.56 Å². The number of hydrogen-bond acceptors (Lipinski definition) is 0. The topological polar surface area (TPSA) is 0 Å². The molecule has 0 bridgehead atoms. The van der Waals surface area contributed by atoms with Crippen LogP contribution in [0.4, 0.5) is 0 Å². The Bertz CT molecular complexity index is 211. The smallest absolute Gasteiger partial charge is 0.102 e. The third-order valence-electron chi connectivity index (χ3n) is 1.36. The van der Waals surface area contributed by atoms with E-state index < -0.39 is 4.33 Å². The highest BCUT2D eigenvalue weighted by Crippen LogP contribution is 2.24. The summed E-state index contributed by atoms with van der Waals surface area (Å²) in [6, 6.07) is 9.97. The first-order valence-corrected chi connectivity index (χ1v) is 4.25. The van der Waals surface area contributed by atoms with E-state index in [4.69, 9.17) is 23.2 Å². The van der Waals surface area contributed by atoms with Gasteiger partial charge in [0.05, 0.1) is 0 Å². The van der Waals surface area contributed by atoms with Crippen LogP contribution < -0.4 is 0 Å². The largest absolute Gasteiger partial charge is 0.119 e. The van der Waals surface area contributed by atoms with Crippen molar-refractivity contribution in [1.82, 2.24) is 0 Å². The van der Waals surface area contributed by atoms with Gasteiger partial charge in [0.15, 0.2) is 0 Å². The molecular formula is C9H10Cl2. The molecule has 0 radical (unpaired) electrons. The Kier molecular flexibility index (Phi) is 2.80. The van der Waals surface area contributed by atoms with Crippen molar-refractivity contribution in [2.45, 2.75) is 17.7 Å². The molecule has 1 aromatic rings. The second kappa shape index (κ2) is 3.46. The van der Waals surface area contributed by atoms with Gasteiger partial charge < -0.3 is 0 Å². The fraction of sp³-hybridized carbons (Fsp3) is 0.333. The molecule has 1 rings (SSSR count). The number of benzene rings is 1. The molecule has 0 N–H and O–H groups in total. The van der Waals surface area contributed by atoms with Crippen molar-refractivity contribution in [2.75, 3.05) is 0 Å². The first kappa shape index (κ1) is 8.89. The van der Waals surface area contributed by atoms with Gasteiger partial charge in [-0.3, -0.25) is 0 Å². The Hall–Kier alpha value is -0.200. The predicted octanol–water partition coefficient (Wildman–Crippen LogP) is 3.42. The molecule has 0 aliphatic rings. The van der Waals surface area contributed by atoms with Gasteiger partial charge in [0.2, 0.25) is 0 Å². The minimum Gasteiger partial charge on any atom is -0.102 e. The summed E-state index contributed by atoms with van der Waals surface area (Å²) in [5.41, 5.74) is 1.17. The molecular weight excluding hydrogens is 179 g/mol. The van der Waals surface area contributed by atoms with Gasteiger partial charge in [0.25, 0.3) is 0 Å². The first-order valence-electron chi connectivity index (χ1n) is 3.50. The van der Waals surface area contributed by atoms with E-state index in [0.29, 0.717) is 6.42 Å². The number of alkyl halides is 2. The molecule has 0 unspecified atom stereocenters. The average molecular weight is 189 g/mol. The van der Waals surface area contributed by atoms with Gasteiger partial charge in [-0.25, -0.2) is 0 Å². The van der Waals surface area contributed by atoms with Crippen LogP contribution in [0.3, 0.4) is 0 Å².